The Morgan fingerprint density at radius 3 is 2.81 bits per heavy atom. The predicted octanol–water partition coefficient (Wildman–Crippen LogP) is 1.92. The van der Waals surface area contributed by atoms with E-state index in [-0.39, 0.29) is 11.9 Å². The molecule has 0 aliphatic carbocycles. The number of ether oxygens (including phenoxy) is 2. The van der Waals surface area contributed by atoms with Crippen molar-refractivity contribution in [2.75, 3.05) is 32.0 Å². The molecule has 4 rings (SSSR count). The molecule has 0 radical (unpaired) electrons. The van der Waals surface area contributed by atoms with Crippen molar-refractivity contribution in [2.24, 2.45) is 0 Å². The Morgan fingerprint density at radius 1 is 1.26 bits per heavy atom. The fourth-order valence-corrected chi connectivity index (χ4v) is 3.85. The lowest BCUT2D eigenvalue weighted by Crippen LogP contribution is -2.49. The van der Waals surface area contributed by atoms with Crippen molar-refractivity contribution in [3.8, 4) is 5.75 Å². The average molecular weight is 368 g/mol. The highest BCUT2D eigenvalue weighted by molar-refractivity contribution is 5.76. The van der Waals surface area contributed by atoms with Gasteiger partial charge in [-0.2, -0.15) is 0 Å². The summed E-state index contributed by atoms with van der Waals surface area (Å²) in [6, 6.07) is 9.55. The molecule has 1 aromatic heterocycles. The van der Waals surface area contributed by atoms with Gasteiger partial charge in [0.25, 0.3) is 0 Å². The van der Waals surface area contributed by atoms with Gasteiger partial charge in [0.2, 0.25) is 11.9 Å². The maximum absolute atomic E-state index is 12.5. The molecule has 7 heteroatoms. The number of carbonyl (C=O) groups excluding carboxylic acids is 1. The number of piperidine rings is 1. The SMILES string of the molecule is Nc1ncc2c(n1)C1(CCN(C(=O)CCOc3ccccc3)CC1)OCC2. The molecule has 0 atom stereocenters. The number of carbonyl (C=O) groups is 1. The summed E-state index contributed by atoms with van der Waals surface area (Å²) in [5.41, 5.74) is 7.36. The molecule has 142 valence electrons. The molecule has 2 aliphatic rings. The summed E-state index contributed by atoms with van der Waals surface area (Å²) in [5.74, 6) is 1.17. The number of amides is 1. The van der Waals surface area contributed by atoms with Crippen LogP contribution in [0.4, 0.5) is 5.95 Å². The number of hydrogen-bond donors (Lipinski definition) is 1. The Bertz CT molecular complexity index is 804. The van der Waals surface area contributed by atoms with Crippen molar-refractivity contribution in [3.63, 3.8) is 0 Å². The third-order valence-corrected chi connectivity index (χ3v) is 5.32. The summed E-state index contributed by atoms with van der Waals surface area (Å²) in [4.78, 5) is 23.0. The highest BCUT2D eigenvalue weighted by atomic mass is 16.5. The minimum absolute atomic E-state index is 0.110. The van der Waals surface area contributed by atoms with Gasteiger partial charge in [0.05, 0.1) is 25.3 Å². The average Bonchev–Trinajstić information content (AvgIpc) is 2.70. The lowest BCUT2D eigenvalue weighted by molar-refractivity contribution is -0.141. The van der Waals surface area contributed by atoms with E-state index < -0.39 is 5.60 Å². The second-order valence-electron chi connectivity index (χ2n) is 6.99. The molecule has 2 aliphatic heterocycles. The number of benzene rings is 1. The highest BCUT2D eigenvalue weighted by Crippen LogP contribution is 2.40. The number of anilines is 1. The van der Waals surface area contributed by atoms with E-state index in [9.17, 15) is 4.79 Å². The summed E-state index contributed by atoms with van der Waals surface area (Å²) in [5, 5.41) is 0. The van der Waals surface area contributed by atoms with E-state index in [1.807, 2.05) is 35.2 Å². The maximum Gasteiger partial charge on any atom is 0.226 e. The van der Waals surface area contributed by atoms with E-state index in [1.54, 1.807) is 6.20 Å². The van der Waals surface area contributed by atoms with Gasteiger partial charge >= 0.3 is 0 Å². The zero-order valence-electron chi connectivity index (χ0n) is 15.3. The summed E-state index contributed by atoms with van der Waals surface area (Å²) in [6.45, 7) is 2.33. The van der Waals surface area contributed by atoms with Crippen LogP contribution < -0.4 is 10.5 Å². The van der Waals surface area contributed by atoms with Gasteiger partial charge in [0, 0.05) is 19.3 Å². The molecule has 2 aromatic rings. The van der Waals surface area contributed by atoms with Gasteiger partial charge in [-0.15, -0.1) is 0 Å². The van der Waals surface area contributed by atoms with Crippen molar-refractivity contribution in [1.82, 2.24) is 14.9 Å². The van der Waals surface area contributed by atoms with Crippen LogP contribution in [0.15, 0.2) is 36.5 Å². The number of nitrogens with two attached hydrogens (primary N) is 1. The van der Waals surface area contributed by atoms with Gasteiger partial charge < -0.3 is 20.1 Å². The smallest absolute Gasteiger partial charge is 0.226 e. The zero-order chi connectivity index (χ0) is 18.7. The molecule has 0 unspecified atom stereocenters. The van der Waals surface area contributed by atoms with E-state index in [0.29, 0.717) is 32.7 Å². The first-order valence-electron chi connectivity index (χ1n) is 9.38. The van der Waals surface area contributed by atoms with Gasteiger partial charge in [0.15, 0.2) is 0 Å². The number of para-hydroxylation sites is 1. The van der Waals surface area contributed by atoms with Gasteiger partial charge in [-0.05, 0) is 37.0 Å². The summed E-state index contributed by atoms with van der Waals surface area (Å²) in [6.07, 6.45) is 4.43. The first-order valence-corrected chi connectivity index (χ1v) is 9.38. The van der Waals surface area contributed by atoms with Gasteiger partial charge in [-0.3, -0.25) is 4.79 Å². The number of aromatic nitrogens is 2. The first kappa shape index (κ1) is 17.7. The zero-order valence-corrected chi connectivity index (χ0v) is 15.3. The second kappa shape index (κ2) is 7.52. The van der Waals surface area contributed by atoms with Gasteiger partial charge in [0.1, 0.15) is 11.4 Å². The Hall–Kier alpha value is -2.67. The van der Waals surface area contributed by atoms with Gasteiger partial charge in [-0.25, -0.2) is 9.97 Å². The van der Waals surface area contributed by atoms with Crippen LogP contribution >= 0.6 is 0 Å². The molecule has 0 bridgehead atoms. The quantitative estimate of drug-likeness (QED) is 0.887. The summed E-state index contributed by atoms with van der Waals surface area (Å²) >= 11 is 0. The Morgan fingerprint density at radius 2 is 2.04 bits per heavy atom. The van der Waals surface area contributed by atoms with Gasteiger partial charge in [-0.1, -0.05) is 18.2 Å². The monoisotopic (exact) mass is 368 g/mol. The molecule has 1 spiro atoms. The second-order valence-corrected chi connectivity index (χ2v) is 6.99. The lowest BCUT2D eigenvalue weighted by atomic mass is 9.83. The molecule has 7 nitrogen and oxygen atoms in total. The standard InChI is InChI=1S/C20H24N4O3/c21-19-22-14-15-6-13-27-20(18(15)23-19)8-10-24(11-9-20)17(25)7-12-26-16-4-2-1-3-5-16/h1-5,14H,6-13H2,(H2,21,22,23). The van der Waals surface area contributed by atoms with E-state index in [2.05, 4.69) is 9.97 Å². The van der Waals surface area contributed by atoms with Crippen LogP contribution in [0.5, 0.6) is 5.75 Å². The summed E-state index contributed by atoms with van der Waals surface area (Å²) in [7, 11) is 0. The van der Waals surface area contributed by atoms with Crippen LogP contribution in [0.1, 0.15) is 30.5 Å². The van der Waals surface area contributed by atoms with Crippen molar-refractivity contribution in [1.29, 1.82) is 0 Å². The van der Waals surface area contributed by atoms with Crippen molar-refractivity contribution < 1.29 is 14.3 Å². The molecular weight excluding hydrogens is 344 g/mol. The minimum Gasteiger partial charge on any atom is -0.493 e. The molecule has 27 heavy (non-hydrogen) atoms. The third-order valence-electron chi connectivity index (χ3n) is 5.32. The number of nitrogens with zero attached hydrogens (tertiary/aromatic N) is 3. The van der Waals surface area contributed by atoms with Crippen LogP contribution in [-0.2, 0) is 21.6 Å². The van der Waals surface area contributed by atoms with Crippen molar-refractivity contribution >= 4 is 11.9 Å². The number of fused-ring (bicyclic) bond motifs is 2. The van der Waals surface area contributed by atoms with Crippen LogP contribution in [0.2, 0.25) is 0 Å². The van der Waals surface area contributed by atoms with E-state index in [4.69, 9.17) is 15.2 Å². The number of hydrogen-bond acceptors (Lipinski definition) is 6. The van der Waals surface area contributed by atoms with Crippen LogP contribution in [0.3, 0.4) is 0 Å². The van der Waals surface area contributed by atoms with E-state index >= 15 is 0 Å². The summed E-state index contributed by atoms with van der Waals surface area (Å²) < 4.78 is 11.8. The molecule has 1 saturated heterocycles. The lowest BCUT2D eigenvalue weighted by Gasteiger charge is -2.44. The Balaban J connectivity index is 1.34. The van der Waals surface area contributed by atoms with E-state index in [0.717, 1.165) is 36.3 Å². The Kier molecular flexibility index (Phi) is 4.94. The van der Waals surface area contributed by atoms with Crippen LogP contribution in [0, 0.1) is 0 Å². The van der Waals surface area contributed by atoms with Crippen LogP contribution in [-0.4, -0.2) is 47.1 Å². The molecule has 1 fully saturated rings. The number of likely N-dealkylation sites (tertiary alicyclic amines) is 1. The Labute approximate surface area is 158 Å². The fraction of sp³-hybridized carbons (Fsp3) is 0.450. The minimum atomic E-state index is -0.442. The molecule has 1 amide bonds. The first-order chi connectivity index (χ1) is 13.2. The van der Waals surface area contributed by atoms with Crippen LogP contribution in [0.25, 0.3) is 0 Å². The largest absolute Gasteiger partial charge is 0.493 e. The molecule has 0 saturated carbocycles. The predicted molar refractivity (Wildman–Crippen MR) is 100 cm³/mol. The topological polar surface area (TPSA) is 90.6 Å². The fourth-order valence-electron chi connectivity index (χ4n) is 3.85. The highest BCUT2D eigenvalue weighted by Gasteiger charge is 2.43. The normalized spacial score (nSPS) is 18.1. The van der Waals surface area contributed by atoms with E-state index in [1.165, 1.54) is 0 Å². The number of rotatable bonds is 4. The molecular formula is C20H24N4O3. The molecule has 2 N–H and O–H groups in total. The number of nitrogen functional groups attached to an aromatic ring is 1. The third kappa shape index (κ3) is 3.73. The van der Waals surface area contributed by atoms with Crippen molar-refractivity contribution in [2.45, 2.75) is 31.3 Å². The van der Waals surface area contributed by atoms with Crippen molar-refractivity contribution in [3.05, 3.63) is 47.8 Å². The molecule has 3 heterocycles. The molecule has 1 aromatic carbocycles. The maximum atomic E-state index is 12.5.